The minimum atomic E-state index is -4.77. The second kappa shape index (κ2) is 9.30. The maximum Gasteiger partial charge on any atom is 0.573 e. The number of hydrogen-bond donors (Lipinski definition) is 2. The zero-order valence-electron chi connectivity index (χ0n) is 19.1. The number of ether oxygens (including phenoxy) is 1. The first kappa shape index (κ1) is 23.9. The minimum Gasteiger partial charge on any atom is -0.406 e. The number of nitrogens with one attached hydrogen (secondary N) is 2. The topological polar surface area (TPSA) is 101 Å². The SMILES string of the molecule is Cn1c(Nc2nc3ccc(OC(F)(F)F)cc3s2)nc2cc(C(=O)NCC(=O)N3CCCC3)ccc21. The highest BCUT2D eigenvalue weighted by atomic mass is 32.1. The number of halogens is 3. The van der Waals surface area contributed by atoms with Gasteiger partial charge < -0.3 is 24.8 Å². The average Bonchev–Trinajstić information content (AvgIpc) is 3.55. The lowest BCUT2D eigenvalue weighted by atomic mass is 10.2. The van der Waals surface area contributed by atoms with E-state index in [1.165, 1.54) is 18.2 Å². The molecule has 2 aromatic carbocycles. The zero-order chi connectivity index (χ0) is 25.4. The first-order valence-corrected chi connectivity index (χ1v) is 11.9. The van der Waals surface area contributed by atoms with Crippen LogP contribution in [0.5, 0.6) is 5.75 Å². The molecule has 2 N–H and O–H groups in total. The number of rotatable bonds is 6. The Bertz CT molecular complexity index is 1460. The van der Waals surface area contributed by atoms with Crippen molar-refractivity contribution in [2.24, 2.45) is 7.05 Å². The average molecular weight is 519 g/mol. The van der Waals surface area contributed by atoms with Gasteiger partial charge in [0.05, 0.1) is 27.8 Å². The van der Waals surface area contributed by atoms with E-state index in [1.54, 1.807) is 34.7 Å². The molecular formula is C23H21F3N6O3S. The van der Waals surface area contributed by atoms with E-state index in [-0.39, 0.29) is 24.1 Å². The number of likely N-dealkylation sites (tertiary alicyclic amines) is 1. The van der Waals surface area contributed by atoms with E-state index in [0.717, 1.165) is 42.8 Å². The highest BCUT2D eigenvalue weighted by molar-refractivity contribution is 7.22. The van der Waals surface area contributed by atoms with Gasteiger partial charge in [0.2, 0.25) is 11.9 Å². The highest BCUT2D eigenvalue weighted by Crippen LogP contribution is 2.33. The summed E-state index contributed by atoms with van der Waals surface area (Å²) in [6, 6.07) is 8.98. The van der Waals surface area contributed by atoms with Gasteiger partial charge in [-0.2, -0.15) is 0 Å². The van der Waals surface area contributed by atoms with E-state index < -0.39 is 6.36 Å². The Hall–Kier alpha value is -3.87. The molecule has 13 heteroatoms. The maximum atomic E-state index is 12.6. The summed E-state index contributed by atoms with van der Waals surface area (Å²) in [7, 11) is 1.79. The molecule has 2 aromatic heterocycles. The Balaban J connectivity index is 1.31. The first-order chi connectivity index (χ1) is 17.2. The number of thiazole rings is 1. The van der Waals surface area contributed by atoms with E-state index in [9.17, 15) is 22.8 Å². The van der Waals surface area contributed by atoms with Crippen LogP contribution in [0.2, 0.25) is 0 Å². The van der Waals surface area contributed by atoms with Gasteiger partial charge >= 0.3 is 6.36 Å². The van der Waals surface area contributed by atoms with Crippen molar-refractivity contribution < 1.29 is 27.5 Å². The molecule has 188 valence electrons. The molecule has 0 radical (unpaired) electrons. The van der Waals surface area contributed by atoms with Crippen LogP contribution in [0.1, 0.15) is 23.2 Å². The number of nitrogens with zero attached hydrogens (tertiary/aromatic N) is 4. The predicted octanol–water partition coefficient (Wildman–Crippen LogP) is 4.18. The summed E-state index contributed by atoms with van der Waals surface area (Å²) in [6.45, 7) is 1.39. The van der Waals surface area contributed by atoms with Crippen LogP contribution < -0.4 is 15.4 Å². The van der Waals surface area contributed by atoms with Gasteiger partial charge in [-0.25, -0.2) is 9.97 Å². The molecule has 0 spiro atoms. The largest absolute Gasteiger partial charge is 0.573 e. The van der Waals surface area contributed by atoms with E-state index in [2.05, 4.69) is 25.3 Å². The van der Waals surface area contributed by atoms with E-state index in [4.69, 9.17) is 0 Å². The Morgan fingerprint density at radius 3 is 2.61 bits per heavy atom. The number of imidazole rings is 1. The van der Waals surface area contributed by atoms with Crippen LogP contribution in [-0.2, 0) is 11.8 Å². The van der Waals surface area contributed by atoms with E-state index >= 15 is 0 Å². The third-order valence-corrected chi connectivity index (χ3v) is 6.75. The van der Waals surface area contributed by atoms with Crippen LogP contribution in [0, 0.1) is 0 Å². The molecule has 2 amide bonds. The van der Waals surface area contributed by atoms with Gasteiger partial charge in [-0.1, -0.05) is 11.3 Å². The number of anilines is 2. The standard InChI is InChI=1S/C23H21F3N6O3S/c1-31-17-7-4-13(20(34)27-12-19(33)32-8-2-3-9-32)10-16(17)28-21(31)30-22-29-15-6-5-14(11-18(15)36-22)35-23(24,25)26/h4-7,10-11H,2-3,8-9,12H2,1H3,(H,27,34)(H,28,29,30). The van der Waals surface area contributed by atoms with Gasteiger partial charge in [0, 0.05) is 31.8 Å². The lowest BCUT2D eigenvalue weighted by Gasteiger charge is -2.15. The van der Waals surface area contributed by atoms with Crippen molar-refractivity contribution in [3.63, 3.8) is 0 Å². The Morgan fingerprint density at radius 1 is 1.08 bits per heavy atom. The summed E-state index contributed by atoms with van der Waals surface area (Å²) >= 11 is 1.16. The number of benzene rings is 2. The monoisotopic (exact) mass is 518 g/mol. The molecule has 0 atom stereocenters. The number of amides is 2. The van der Waals surface area contributed by atoms with Crippen molar-refractivity contribution in [1.82, 2.24) is 24.8 Å². The molecule has 1 aliphatic heterocycles. The molecule has 0 saturated carbocycles. The smallest absolute Gasteiger partial charge is 0.406 e. The lowest BCUT2D eigenvalue weighted by Crippen LogP contribution is -2.38. The Labute approximate surface area is 206 Å². The first-order valence-electron chi connectivity index (χ1n) is 11.1. The molecule has 0 unspecified atom stereocenters. The molecule has 1 fully saturated rings. The molecule has 1 saturated heterocycles. The van der Waals surface area contributed by atoms with E-state index in [0.29, 0.717) is 32.4 Å². The van der Waals surface area contributed by atoms with Crippen molar-refractivity contribution in [2.75, 3.05) is 25.0 Å². The van der Waals surface area contributed by atoms with Crippen LogP contribution in [-0.4, -0.2) is 57.2 Å². The number of carbonyl (C=O) groups excluding carboxylic acids is 2. The minimum absolute atomic E-state index is 0.0563. The van der Waals surface area contributed by atoms with Gasteiger partial charge in [-0.3, -0.25) is 9.59 Å². The molecule has 36 heavy (non-hydrogen) atoms. The van der Waals surface area contributed by atoms with Gasteiger partial charge in [0.15, 0.2) is 5.13 Å². The molecular weight excluding hydrogens is 497 g/mol. The number of aryl methyl sites for hydroxylation is 1. The second-order valence-electron chi connectivity index (χ2n) is 8.29. The van der Waals surface area contributed by atoms with Crippen molar-refractivity contribution >= 4 is 55.5 Å². The van der Waals surface area contributed by atoms with Crippen molar-refractivity contribution in [1.29, 1.82) is 0 Å². The summed E-state index contributed by atoms with van der Waals surface area (Å²) in [5.74, 6) is -0.342. The maximum absolute atomic E-state index is 12.6. The fraction of sp³-hybridized carbons (Fsp3) is 0.304. The van der Waals surface area contributed by atoms with Crippen molar-refractivity contribution in [3.05, 3.63) is 42.0 Å². The number of hydrogen-bond acceptors (Lipinski definition) is 7. The summed E-state index contributed by atoms with van der Waals surface area (Å²) in [5, 5.41) is 6.19. The van der Waals surface area contributed by atoms with Gasteiger partial charge in [-0.05, 0) is 43.2 Å². The molecule has 0 aliphatic carbocycles. The number of aromatic nitrogens is 3. The Kier molecular flexibility index (Phi) is 6.16. The zero-order valence-corrected chi connectivity index (χ0v) is 19.9. The van der Waals surface area contributed by atoms with Crippen LogP contribution in [0.15, 0.2) is 36.4 Å². The predicted molar refractivity (Wildman–Crippen MR) is 128 cm³/mol. The third-order valence-electron chi connectivity index (χ3n) is 5.81. The molecule has 3 heterocycles. The van der Waals surface area contributed by atoms with Crippen molar-refractivity contribution in [3.8, 4) is 5.75 Å². The van der Waals surface area contributed by atoms with E-state index in [1.807, 2.05) is 0 Å². The summed E-state index contributed by atoms with van der Waals surface area (Å²) in [4.78, 5) is 35.4. The highest BCUT2D eigenvalue weighted by Gasteiger charge is 2.31. The molecule has 0 bridgehead atoms. The van der Waals surface area contributed by atoms with Gasteiger partial charge in [0.25, 0.3) is 5.91 Å². The summed E-state index contributed by atoms with van der Waals surface area (Å²) in [6.07, 6.45) is -2.81. The number of carbonyl (C=O) groups is 2. The quantitative estimate of drug-likeness (QED) is 0.397. The summed E-state index contributed by atoms with van der Waals surface area (Å²) in [5.41, 5.74) is 2.20. The summed E-state index contributed by atoms with van der Waals surface area (Å²) < 4.78 is 43.8. The fourth-order valence-corrected chi connectivity index (χ4v) is 4.93. The molecule has 5 rings (SSSR count). The molecule has 9 nitrogen and oxygen atoms in total. The molecule has 1 aliphatic rings. The van der Waals surface area contributed by atoms with Crippen LogP contribution >= 0.6 is 11.3 Å². The van der Waals surface area contributed by atoms with Crippen molar-refractivity contribution in [2.45, 2.75) is 19.2 Å². The van der Waals surface area contributed by atoms with Crippen LogP contribution in [0.3, 0.4) is 0 Å². The third kappa shape index (κ3) is 5.05. The molecule has 4 aromatic rings. The Morgan fingerprint density at radius 2 is 1.86 bits per heavy atom. The second-order valence-corrected chi connectivity index (χ2v) is 9.32. The van der Waals surface area contributed by atoms with Crippen LogP contribution in [0.25, 0.3) is 21.3 Å². The van der Waals surface area contributed by atoms with Gasteiger partial charge in [-0.15, -0.1) is 13.2 Å². The number of alkyl halides is 3. The van der Waals surface area contributed by atoms with Crippen LogP contribution in [0.4, 0.5) is 24.3 Å². The lowest BCUT2D eigenvalue weighted by molar-refractivity contribution is -0.274. The number of fused-ring (bicyclic) bond motifs is 2. The fourth-order valence-electron chi connectivity index (χ4n) is 4.04. The van der Waals surface area contributed by atoms with Gasteiger partial charge in [0.1, 0.15) is 5.75 Å². The normalized spacial score (nSPS) is 13.9.